The molecule has 11 heteroatoms. The van der Waals surface area contributed by atoms with Gasteiger partial charge in [0.2, 0.25) is 14.3 Å². The molecular weight excluding hydrogens is 602 g/mol. The van der Waals surface area contributed by atoms with E-state index in [4.69, 9.17) is 4.74 Å². The van der Waals surface area contributed by atoms with Crippen molar-refractivity contribution in [3.8, 4) is 0 Å². The molecule has 2 amide bonds. The van der Waals surface area contributed by atoms with E-state index in [9.17, 15) is 14.7 Å². The van der Waals surface area contributed by atoms with Crippen LogP contribution in [0.1, 0.15) is 36.6 Å². The third-order valence-corrected chi connectivity index (χ3v) is 12.3. The Kier molecular flexibility index (Phi) is 7.65. The lowest BCUT2D eigenvalue weighted by Crippen LogP contribution is -2.44. The number of rotatable bonds is 8. The molecule has 1 N–H and O–H groups in total. The van der Waals surface area contributed by atoms with E-state index < -0.39 is 31.6 Å². The molecule has 9 nitrogen and oxygen atoms in total. The Morgan fingerprint density at radius 2 is 1.74 bits per heavy atom. The first kappa shape index (κ1) is 30.5. The van der Waals surface area contributed by atoms with Crippen molar-refractivity contribution in [3.05, 3.63) is 95.8 Å². The first-order valence-corrected chi connectivity index (χ1v) is 18.9. The lowest BCUT2D eigenvalue weighted by Gasteiger charge is -2.32. The highest BCUT2D eigenvalue weighted by Crippen LogP contribution is 2.61. The van der Waals surface area contributed by atoms with Gasteiger partial charge in [0.15, 0.2) is 5.60 Å². The van der Waals surface area contributed by atoms with E-state index in [0.717, 1.165) is 11.3 Å². The number of para-hydroxylation sites is 2. The average molecular weight is 640 g/mol. The molecular formula is C35H38FN5O4Si. The van der Waals surface area contributed by atoms with Crippen molar-refractivity contribution >= 4 is 43.0 Å². The van der Waals surface area contributed by atoms with Gasteiger partial charge in [0, 0.05) is 60.6 Å². The number of anilines is 4. The minimum Gasteiger partial charge on any atom is -0.396 e. The summed E-state index contributed by atoms with van der Waals surface area (Å²) in [5, 5.41) is 17.6. The number of aliphatic hydroxyl groups is 1. The quantitative estimate of drug-likeness (QED) is 0.189. The molecule has 1 aromatic heterocycles. The number of aryl methyl sites for hydroxylation is 2. The Balaban J connectivity index is 1.34. The summed E-state index contributed by atoms with van der Waals surface area (Å²) in [6.07, 6.45) is 3.12. The van der Waals surface area contributed by atoms with Gasteiger partial charge in [-0.3, -0.25) is 24.1 Å². The van der Waals surface area contributed by atoms with Gasteiger partial charge >= 0.3 is 0 Å². The van der Waals surface area contributed by atoms with E-state index in [1.54, 1.807) is 33.8 Å². The molecule has 0 saturated carbocycles. The summed E-state index contributed by atoms with van der Waals surface area (Å²) in [6.45, 7) is 5.72. The standard InChI is InChI=1S/C35H38FN5O4Si/c1-23-33(46(2,3)36)31(17-19-39-22-25(18-20-42)37-38-39)45-35(23)28-21-27(40-29-12-8-7-9-24(29)13-16-32(40)43)14-15-30(28)41(34(35)44)26-10-5-4-6-11-26/h4-12,14-15,21-23,31,33,42H,13,16-20H2,1-3H3/t23-,31+,33-,35+/m0/s1. The molecule has 7 rings (SSSR count). The number of ether oxygens (including phenoxy) is 1. The van der Waals surface area contributed by atoms with Crippen LogP contribution in [0.15, 0.2) is 79.0 Å². The Bertz CT molecular complexity index is 1790. The van der Waals surface area contributed by atoms with E-state index in [1.165, 1.54) is 0 Å². The number of fused-ring (bicyclic) bond motifs is 3. The van der Waals surface area contributed by atoms with E-state index in [-0.39, 0.29) is 18.4 Å². The lowest BCUT2D eigenvalue weighted by molar-refractivity contribution is -0.145. The van der Waals surface area contributed by atoms with E-state index in [1.807, 2.05) is 79.7 Å². The maximum absolute atomic E-state index is 16.4. The zero-order valence-electron chi connectivity index (χ0n) is 26.3. The molecule has 4 aromatic rings. The number of nitrogens with zero attached hydrogens (tertiary/aromatic N) is 5. The molecule has 46 heavy (non-hydrogen) atoms. The first-order valence-electron chi connectivity index (χ1n) is 15.9. The fourth-order valence-corrected chi connectivity index (χ4v) is 10.4. The topological polar surface area (TPSA) is 101 Å². The molecule has 1 fully saturated rings. The van der Waals surface area contributed by atoms with Crippen molar-refractivity contribution in [1.82, 2.24) is 15.0 Å². The zero-order chi connectivity index (χ0) is 32.2. The number of hydrogen-bond donors (Lipinski definition) is 1. The number of carbonyl (C=O) groups is 2. The number of aliphatic hydroxyl groups excluding tert-OH is 1. The second-order valence-electron chi connectivity index (χ2n) is 13.0. The molecule has 0 radical (unpaired) electrons. The van der Waals surface area contributed by atoms with Crippen LogP contribution in [0.4, 0.5) is 26.9 Å². The number of aromatic nitrogens is 3. The highest BCUT2D eigenvalue weighted by molar-refractivity contribution is 6.72. The predicted molar refractivity (Wildman–Crippen MR) is 175 cm³/mol. The molecule has 3 aliphatic rings. The second kappa shape index (κ2) is 11.6. The van der Waals surface area contributed by atoms with Gasteiger partial charge < -0.3 is 14.0 Å². The summed E-state index contributed by atoms with van der Waals surface area (Å²) in [6, 6.07) is 23.0. The minimum absolute atomic E-state index is 0.0150. The van der Waals surface area contributed by atoms with Crippen LogP contribution < -0.4 is 9.80 Å². The van der Waals surface area contributed by atoms with Crippen LogP contribution in [-0.4, -0.2) is 53.0 Å². The number of halogens is 1. The third kappa shape index (κ3) is 4.88. The van der Waals surface area contributed by atoms with Gasteiger partial charge in [-0.25, -0.2) is 0 Å². The molecule has 0 unspecified atom stereocenters. The molecule has 238 valence electrons. The van der Waals surface area contributed by atoms with Crippen LogP contribution in [0.25, 0.3) is 0 Å². The number of hydrogen-bond acceptors (Lipinski definition) is 6. The van der Waals surface area contributed by atoms with Crippen LogP contribution in [-0.2, 0) is 39.3 Å². The molecule has 1 spiro atoms. The smallest absolute Gasteiger partial charge is 0.268 e. The van der Waals surface area contributed by atoms with Crippen molar-refractivity contribution in [1.29, 1.82) is 0 Å². The summed E-state index contributed by atoms with van der Waals surface area (Å²) in [5.74, 6) is -0.747. The van der Waals surface area contributed by atoms with Gasteiger partial charge in [-0.1, -0.05) is 48.5 Å². The fraction of sp³-hybridized carbons (Fsp3) is 0.371. The van der Waals surface area contributed by atoms with Crippen LogP contribution in [0.5, 0.6) is 0 Å². The average Bonchev–Trinajstić information content (AvgIpc) is 3.69. The molecule has 3 aliphatic heterocycles. The summed E-state index contributed by atoms with van der Waals surface area (Å²) in [5.41, 5.74) is 3.34. The maximum Gasteiger partial charge on any atom is 0.268 e. The Morgan fingerprint density at radius 1 is 0.978 bits per heavy atom. The Morgan fingerprint density at radius 3 is 2.50 bits per heavy atom. The second-order valence-corrected chi connectivity index (χ2v) is 16.8. The Labute approximate surface area is 268 Å². The summed E-state index contributed by atoms with van der Waals surface area (Å²) < 4.78 is 25.0. The number of benzene rings is 3. The molecule has 3 aromatic carbocycles. The first-order chi connectivity index (χ1) is 22.1. The van der Waals surface area contributed by atoms with Gasteiger partial charge in [-0.05, 0) is 67.9 Å². The van der Waals surface area contributed by atoms with E-state index in [0.29, 0.717) is 60.5 Å². The SMILES string of the molecule is C[C@H]1[C@H]([Si](C)(C)F)[C@@H](CCn2cc(CCO)nn2)O[C@]12C(=O)N(c1ccccc1)c1ccc(N3C(=O)CCc4ccccc43)cc12. The normalized spacial score (nSPS) is 24.2. The van der Waals surface area contributed by atoms with Crippen LogP contribution >= 0.6 is 0 Å². The van der Waals surface area contributed by atoms with E-state index in [2.05, 4.69) is 10.3 Å². The molecule has 4 heterocycles. The van der Waals surface area contributed by atoms with Crippen molar-refractivity contribution in [2.45, 2.75) is 69.5 Å². The van der Waals surface area contributed by atoms with Crippen molar-refractivity contribution < 1.29 is 23.5 Å². The van der Waals surface area contributed by atoms with Gasteiger partial charge in [0.05, 0.1) is 23.2 Å². The number of carbonyl (C=O) groups excluding carboxylic acids is 2. The molecule has 0 bridgehead atoms. The van der Waals surface area contributed by atoms with Crippen molar-refractivity contribution in [2.24, 2.45) is 5.92 Å². The highest BCUT2D eigenvalue weighted by Gasteiger charge is 2.67. The zero-order valence-corrected chi connectivity index (χ0v) is 27.3. The summed E-state index contributed by atoms with van der Waals surface area (Å²) >= 11 is 0. The Hall–Kier alpha value is -4.19. The number of amides is 2. The largest absolute Gasteiger partial charge is 0.396 e. The van der Waals surface area contributed by atoms with Gasteiger partial charge in [-0.2, -0.15) is 0 Å². The lowest BCUT2D eigenvalue weighted by atomic mass is 9.82. The van der Waals surface area contributed by atoms with Crippen molar-refractivity contribution in [3.63, 3.8) is 0 Å². The maximum atomic E-state index is 16.4. The summed E-state index contributed by atoms with van der Waals surface area (Å²) in [7, 11) is -3.38. The summed E-state index contributed by atoms with van der Waals surface area (Å²) in [4.78, 5) is 31.7. The molecule has 1 saturated heterocycles. The third-order valence-electron chi connectivity index (χ3n) is 9.81. The van der Waals surface area contributed by atoms with Gasteiger partial charge in [0.1, 0.15) is 0 Å². The molecule has 0 aliphatic carbocycles. The van der Waals surface area contributed by atoms with Crippen LogP contribution in [0.3, 0.4) is 0 Å². The fourth-order valence-electron chi connectivity index (χ4n) is 7.85. The molecule has 4 atom stereocenters. The minimum atomic E-state index is -3.38. The monoisotopic (exact) mass is 639 g/mol. The van der Waals surface area contributed by atoms with Gasteiger partial charge in [0.25, 0.3) is 5.91 Å². The van der Waals surface area contributed by atoms with Crippen LogP contribution in [0.2, 0.25) is 18.6 Å². The van der Waals surface area contributed by atoms with E-state index >= 15 is 4.11 Å². The van der Waals surface area contributed by atoms with Gasteiger partial charge in [-0.15, -0.1) is 5.10 Å². The predicted octanol–water partition coefficient (Wildman–Crippen LogP) is 5.97. The van der Waals surface area contributed by atoms with Crippen molar-refractivity contribution in [2.75, 3.05) is 16.4 Å². The highest BCUT2D eigenvalue weighted by atomic mass is 28.4. The van der Waals surface area contributed by atoms with Crippen LogP contribution in [0, 0.1) is 5.92 Å².